The molecule has 10 heteroatoms. The largest absolute Gasteiger partial charge is 0.361 e. The number of rotatable bonds is 6. The Morgan fingerprint density at radius 1 is 1.20 bits per heavy atom. The smallest absolute Gasteiger partial charge is 0.274 e. The van der Waals surface area contributed by atoms with E-state index in [4.69, 9.17) is 9.62 Å². The molecule has 5 rings (SSSR count). The van der Waals surface area contributed by atoms with Crippen molar-refractivity contribution in [2.24, 2.45) is 0 Å². The van der Waals surface area contributed by atoms with Crippen LogP contribution < -0.4 is 0 Å². The van der Waals surface area contributed by atoms with Crippen molar-refractivity contribution >= 4 is 23.2 Å². The third-order valence-electron chi connectivity index (χ3n) is 6.28. The van der Waals surface area contributed by atoms with Gasteiger partial charge in [-0.1, -0.05) is 35.5 Å². The van der Waals surface area contributed by atoms with E-state index >= 15 is 0 Å². The Labute approximate surface area is 207 Å². The lowest BCUT2D eigenvalue weighted by molar-refractivity contribution is 0.0719. The molecule has 0 aliphatic carbocycles. The molecule has 0 saturated carbocycles. The second kappa shape index (κ2) is 9.46. The van der Waals surface area contributed by atoms with Crippen LogP contribution in [0.2, 0.25) is 0 Å². The van der Waals surface area contributed by atoms with Crippen molar-refractivity contribution in [3.8, 4) is 0 Å². The third-order valence-corrected chi connectivity index (χ3v) is 6.91. The van der Waals surface area contributed by atoms with Gasteiger partial charge >= 0.3 is 0 Å². The zero-order valence-corrected chi connectivity index (χ0v) is 20.7. The summed E-state index contributed by atoms with van der Waals surface area (Å²) < 4.78 is 7.12. The zero-order valence-electron chi connectivity index (χ0n) is 19.9. The summed E-state index contributed by atoms with van der Waals surface area (Å²) in [6.45, 7) is 5.29. The van der Waals surface area contributed by atoms with Crippen molar-refractivity contribution in [2.45, 2.75) is 39.9 Å². The molecule has 0 N–H and O–H groups in total. The number of carbonyl (C=O) groups excluding carboxylic acids is 2. The van der Waals surface area contributed by atoms with E-state index in [-0.39, 0.29) is 11.8 Å². The maximum atomic E-state index is 13.5. The van der Waals surface area contributed by atoms with Crippen LogP contribution in [0.3, 0.4) is 0 Å². The monoisotopic (exact) mass is 490 g/mol. The van der Waals surface area contributed by atoms with Gasteiger partial charge in [-0.3, -0.25) is 14.3 Å². The predicted octanol–water partition coefficient (Wildman–Crippen LogP) is 3.46. The van der Waals surface area contributed by atoms with E-state index in [2.05, 4.69) is 10.1 Å². The number of fused-ring (bicyclic) bond motifs is 1. The molecule has 35 heavy (non-hydrogen) atoms. The summed E-state index contributed by atoms with van der Waals surface area (Å²) in [5.41, 5.74) is 6.90. The second-order valence-corrected chi connectivity index (χ2v) is 9.45. The van der Waals surface area contributed by atoms with Crippen LogP contribution in [0.25, 0.3) is 0 Å². The summed E-state index contributed by atoms with van der Waals surface area (Å²) in [6.07, 6.45) is 0.605. The molecule has 4 aromatic rings. The van der Waals surface area contributed by atoms with Crippen LogP contribution >= 0.6 is 11.3 Å². The number of carbonyl (C=O) groups is 2. The maximum absolute atomic E-state index is 13.5. The first-order valence-corrected chi connectivity index (χ1v) is 12.3. The Morgan fingerprint density at radius 2 is 2.00 bits per heavy atom. The molecule has 0 bridgehead atoms. The molecule has 1 aromatic carbocycles. The highest BCUT2D eigenvalue weighted by molar-refractivity contribution is 7.07. The Hall–Kier alpha value is -3.79. The van der Waals surface area contributed by atoms with Gasteiger partial charge in [0.25, 0.3) is 11.8 Å². The number of aromatic nitrogens is 4. The normalized spacial score (nSPS) is 13.1. The van der Waals surface area contributed by atoms with Crippen LogP contribution in [0.5, 0.6) is 0 Å². The van der Waals surface area contributed by atoms with Crippen LogP contribution in [0, 0.1) is 13.8 Å². The summed E-state index contributed by atoms with van der Waals surface area (Å²) in [7, 11) is 1.75. The fourth-order valence-electron chi connectivity index (χ4n) is 4.48. The molecule has 0 spiro atoms. The van der Waals surface area contributed by atoms with Crippen molar-refractivity contribution in [3.63, 3.8) is 0 Å². The Balaban J connectivity index is 1.48. The average molecular weight is 491 g/mol. The number of thiazole rings is 1. The van der Waals surface area contributed by atoms with E-state index in [1.165, 1.54) is 11.3 Å². The van der Waals surface area contributed by atoms with Crippen LogP contribution in [0.4, 0.5) is 0 Å². The number of aryl methyl sites for hydroxylation is 2. The summed E-state index contributed by atoms with van der Waals surface area (Å²) in [4.78, 5) is 34.5. The SMILES string of the molecule is Cc1noc(C)c1C(=O)N1CCc2c(c(C(=O)N(C)Cc3cscn3)nn2Cc2ccccc2)C1. The first-order valence-electron chi connectivity index (χ1n) is 11.4. The molecular formula is C25H26N6O3S. The van der Waals surface area contributed by atoms with Gasteiger partial charge < -0.3 is 14.3 Å². The van der Waals surface area contributed by atoms with Crippen LogP contribution in [-0.2, 0) is 26.1 Å². The fraction of sp³-hybridized carbons (Fsp3) is 0.320. The number of hydrogen-bond acceptors (Lipinski definition) is 7. The quantitative estimate of drug-likeness (QED) is 0.411. The van der Waals surface area contributed by atoms with Crippen molar-refractivity contribution in [1.82, 2.24) is 29.7 Å². The number of benzene rings is 1. The standard InChI is InChI=1S/C25H26N6O3S/c1-16-22(17(2)34-28-16)24(32)30-10-9-21-20(13-30)23(25(33)29(3)12-19-14-35-15-26-19)27-31(21)11-18-7-5-4-6-8-18/h4-8,14-15H,9-13H2,1-3H3. The van der Waals surface area contributed by atoms with E-state index in [0.29, 0.717) is 55.3 Å². The lowest BCUT2D eigenvalue weighted by atomic mass is 10.0. The average Bonchev–Trinajstić information content (AvgIpc) is 3.58. The minimum Gasteiger partial charge on any atom is -0.361 e. The van der Waals surface area contributed by atoms with Gasteiger partial charge in [0.15, 0.2) is 5.69 Å². The van der Waals surface area contributed by atoms with Crippen molar-refractivity contribution in [3.05, 3.63) is 86.4 Å². The van der Waals surface area contributed by atoms with E-state index in [0.717, 1.165) is 22.5 Å². The van der Waals surface area contributed by atoms with E-state index in [9.17, 15) is 9.59 Å². The summed E-state index contributed by atoms with van der Waals surface area (Å²) in [5.74, 6) is 0.169. The van der Waals surface area contributed by atoms with E-state index in [1.807, 2.05) is 40.4 Å². The van der Waals surface area contributed by atoms with Crippen molar-refractivity contribution in [2.75, 3.05) is 13.6 Å². The van der Waals surface area contributed by atoms with E-state index in [1.54, 1.807) is 36.2 Å². The Morgan fingerprint density at radius 3 is 2.69 bits per heavy atom. The van der Waals surface area contributed by atoms with Gasteiger partial charge in [-0.2, -0.15) is 5.10 Å². The van der Waals surface area contributed by atoms with Gasteiger partial charge in [-0.05, 0) is 19.4 Å². The van der Waals surface area contributed by atoms with Crippen molar-refractivity contribution in [1.29, 1.82) is 0 Å². The van der Waals surface area contributed by atoms with Gasteiger partial charge in [0.1, 0.15) is 11.3 Å². The molecule has 1 aliphatic heterocycles. The van der Waals surface area contributed by atoms with Crippen LogP contribution in [-0.4, -0.2) is 55.1 Å². The lowest BCUT2D eigenvalue weighted by Gasteiger charge is -2.28. The number of nitrogens with zero attached hydrogens (tertiary/aromatic N) is 6. The summed E-state index contributed by atoms with van der Waals surface area (Å²) in [6, 6.07) is 10.0. The maximum Gasteiger partial charge on any atom is 0.274 e. The molecule has 0 saturated heterocycles. The molecule has 0 radical (unpaired) electrons. The molecule has 0 fully saturated rings. The molecule has 4 heterocycles. The number of hydrogen-bond donors (Lipinski definition) is 0. The van der Waals surface area contributed by atoms with Gasteiger partial charge in [0.2, 0.25) is 0 Å². The van der Waals surface area contributed by atoms with Crippen molar-refractivity contribution < 1.29 is 14.1 Å². The third kappa shape index (κ3) is 4.49. The molecule has 3 aromatic heterocycles. The highest BCUT2D eigenvalue weighted by atomic mass is 32.1. The first kappa shape index (κ1) is 23.0. The lowest BCUT2D eigenvalue weighted by Crippen LogP contribution is -2.37. The summed E-state index contributed by atoms with van der Waals surface area (Å²) >= 11 is 1.50. The molecule has 9 nitrogen and oxygen atoms in total. The van der Waals surface area contributed by atoms with Gasteiger partial charge in [0, 0.05) is 36.7 Å². The Kier molecular flexibility index (Phi) is 6.21. The minimum absolute atomic E-state index is 0.142. The van der Waals surface area contributed by atoms with E-state index < -0.39 is 0 Å². The molecule has 0 unspecified atom stereocenters. The second-order valence-electron chi connectivity index (χ2n) is 8.73. The number of amides is 2. The van der Waals surface area contributed by atoms with Gasteiger partial charge in [-0.15, -0.1) is 11.3 Å². The molecule has 0 atom stereocenters. The van der Waals surface area contributed by atoms with Gasteiger partial charge in [0.05, 0.1) is 36.5 Å². The Bertz CT molecular complexity index is 1340. The van der Waals surface area contributed by atoms with Crippen LogP contribution in [0.1, 0.15) is 54.8 Å². The van der Waals surface area contributed by atoms with Crippen LogP contribution in [0.15, 0.2) is 45.7 Å². The fourth-order valence-corrected chi connectivity index (χ4v) is 5.03. The van der Waals surface area contributed by atoms with Gasteiger partial charge in [-0.25, -0.2) is 4.98 Å². The zero-order chi connectivity index (χ0) is 24.5. The highest BCUT2D eigenvalue weighted by Gasteiger charge is 2.33. The minimum atomic E-state index is -0.187. The summed E-state index contributed by atoms with van der Waals surface area (Å²) in [5, 5.41) is 10.6. The highest BCUT2D eigenvalue weighted by Crippen LogP contribution is 2.27. The molecule has 1 aliphatic rings. The topological polar surface area (TPSA) is 97.4 Å². The molecule has 2 amide bonds. The molecular weight excluding hydrogens is 464 g/mol. The first-order chi connectivity index (χ1) is 16.9. The molecule has 180 valence electrons. The predicted molar refractivity (Wildman–Crippen MR) is 130 cm³/mol.